The SMILES string of the molecule is COCC(C)OCC(O)CN(C)C1CCC(C)(C)CC1. The van der Waals surface area contributed by atoms with Crippen LogP contribution in [0.15, 0.2) is 0 Å². The van der Waals surface area contributed by atoms with E-state index in [1.807, 2.05) is 6.92 Å². The first-order chi connectivity index (χ1) is 9.34. The highest BCUT2D eigenvalue weighted by atomic mass is 16.5. The predicted octanol–water partition coefficient (Wildman–Crippen LogP) is 2.30. The second kappa shape index (κ2) is 8.32. The van der Waals surface area contributed by atoms with Crippen LogP contribution in [0.4, 0.5) is 0 Å². The summed E-state index contributed by atoms with van der Waals surface area (Å²) in [4.78, 5) is 2.30. The molecule has 4 nitrogen and oxygen atoms in total. The Morgan fingerprint density at radius 1 is 1.25 bits per heavy atom. The van der Waals surface area contributed by atoms with E-state index in [2.05, 4.69) is 25.8 Å². The second-order valence-electron chi connectivity index (χ2n) is 7.09. The molecule has 0 heterocycles. The van der Waals surface area contributed by atoms with Crippen LogP contribution in [0.3, 0.4) is 0 Å². The monoisotopic (exact) mass is 287 g/mol. The maximum absolute atomic E-state index is 10.1. The number of hydrogen-bond acceptors (Lipinski definition) is 4. The Morgan fingerprint density at radius 2 is 1.85 bits per heavy atom. The third-order valence-electron chi connectivity index (χ3n) is 4.41. The van der Waals surface area contributed by atoms with Crippen LogP contribution in [0, 0.1) is 5.41 Å². The fourth-order valence-electron chi connectivity index (χ4n) is 2.92. The van der Waals surface area contributed by atoms with Crippen molar-refractivity contribution in [2.75, 3.05) is 33.9 Å². The van der Waals surface area contributed by atoms with Gasteiger partial charge in [0.05, 0.1) is 25.4 Å². The third kappa shape index (κ3) is 6.53. The Bertz CT molecular complexity index is 260. The van der Waals surface area contributed by atoms with Crippen molar-refractivity contribution in [1.82, 2.24) is 4.90 Å². The van der Waals surface area contributed by atoms with Crippen molar-refractivity contribution in [3.05, 3.63) is 0 Å². The molecule has 0 bridgehead atoms. The molecule has 1 aliphatic carbocycles. The number of ether oxygens (including phenoxy) is 2. The third-order valence-corrected chi connectivity index (χ3v) is 4.41. The largest absolute Gasteiger partial charge is 0.389 e. The van der Waals surface area contributed by atoms with E-state index in [-0.39, 0.29) is 6.10 Å². The molecule has 0 aliphatic heterocycles. The van der Waals surface area contributed by atoms with E-state index in [9.17, 15) is 5.11 Å². The van der Waals surface area contributed by atoms with Crippen molar-refractivity contribution in [2.24, 2.45) is 5.41 Å². The van der Waals surface area contributed by atoms with Crippen molar-refractivity contribution < 1.29 is 14.6 Å². The summed E-state index contributed by atoms with van der Waals surface area (Å²) in [6.45, 7) is 8.30. The van der Waals surface area contributed by atoms with Crippen LogP contribution in [-0.4, -0.2) is 62.2 Å². The average molecular weight is 287 g/mol. The first kappa shape index (κ1) is 17.9. The lowest BCUT2D eigenvalue weighted by Gasteiger charge is -2.39. The Hall–Kier alpha value is -0.160. The smallest absolute Gasteiger partial charge is 0.0900 e. The molecule has 1 fully saturated rings. The van der Waals surface area contributed by atoms with Gasteiger partial charge >= 0.3 is 0 Å². The lowest BCUT2D eigenvalue weighted by molar-refractivity contribution is -0.0426. The molecule has 0 amide bonds. The Morgan fingerprint density at radius 3 is 2.40 bits per heavy atom. The summed E-state index contributed by atoms with van der Waals surface area (Å²) in [5.74, 6) is 0. The highest BCUT2D eigenvalue weighted by Crippen LogP contribution is 2.36. The molecule has 2 atom stereocenters. The molecule has 4 heteroatoms. The van der Waals surface area contributed by atoms with Crippen LogP contribution in [0.5, 0.6) is 0 Å². The molecular weight excluding hydrogens is 254 g/mol. The van der Waals surface area contributed by atoms with Crippen molar-refractivity contribution >= 4 is 0 Å². The molecule has 0 aromatic rings. The van der Waals surface area contributed by atoms with Crippen LogP contribution < -0.4 is 0 Å². The van der Waals surface area contributed by atoms with Crippen molar-refractivity contribution in [1.29, 1.82) is 0 Å². The first-order valence-electron chi connectivity index (χ1n) is 7.83. The molecular formula is C16H33NO3. The lowest BCUT2D eigenvalue weighted by Crippen LogP contribution is -2.42. The van der Waals surface area contributed by atoms with Gasteiger partial charge in [-0.2, -0.15) is 0 Å². The topological polar surface area (TPSA) is 41.9 Å². The van der Waals surface area contributed by atoms with Crippen LogP contribution in [0.25, 0.3) is 0 Å². The molecule has 120 valence electrons. The van der Waals surface area contributed by atoms with Gasteiger partial charge in [-0.1, -0.05) is 13.8 Å². The molecule has 0 aromatic heterocycles. The molecule has 0 aromatic carbocycles. The van der Waals surface area contributed by atoms with E-state index in [0.29, 0.717) is 31.2 Å². The zero-order valence-electron chi connectivity index (χ0n) is 13.9. The number of nitrogens with zero attached hydrogens (tertiary/aromatic N) is 1. The van der Waals surface area contributed by atoms with E-state index >= 15 is 0 Å². The Kier molecular flexibility index (Phi) is 7.45. The van der Waals surface area contributed by atoms with Crippen LogP contribution in [0.2, 0.25) is 0 Å². The number of hydrogen-bond donors (Lipinski definition) is 1. The van der Waals surface area contributed by atoms with Gasteiger partial charge in [-0.3, -0.25) is 0 Å². The summed E-state index contributed by atoms with van der Waals surface area (Å²) in [7, 11) is 3.78. The van der Waals surface area contributed by atoms with Crippen molar-refractivity contribution in [2.45, 2.75) is 64.7 Å². The first-order valence-corrected chi connectivity index (χ1v) is 7.83. The highest BCUT2D eigenvalue weighted by molar-refractivity contribution is 4.83. The van der Waals surface area contributed by atoms with Gasteiger partial charge in [0.15, 0.2) is 0 Å². The number of likely N-dealkylation sites (N-methyl/N-ethyl adjacent to an activating group) is 1. The van der Waals surface area contributed by atoms with Crippen LogP contribution in [0.1, 0.15) is 46.5 Å². The molecule has 2 unspecified atom stereocenters. The quantitative estimate of drug-likeness (QED) is 0.744. The fourth-order valence-corrected chi connectivity index (χ4v) is 2.92. The van der Waals surface area contributed by atoms with Gasteiger partial charge in [-0.25, -0.2) is 0 Å². The predicted molar refractivity (Wildman–Crippen MR) is 82.0 cm³/mol. The molecule has 20 heavy (non-hydrogen) atoms. The summed E-state index contributed by atoms with van der Waals surface area (Å²) in [5.41, 5.74) is 0.495. The zero-order valence-corrected chi connectivity index (χ0v) is 13.9. The molecule has 1 saturated carbocycles. The van der Waals surface area contributed by atoms with Crippen LogP contribution >= 0.6 is 0 Å². The lowest BCUT2D eigenvalue weighted by atomic mass is 9.75. The molecule has 1 aliphatic rings. The maximum atomic E-state index is 10.1. The second-order valence-corrected chi connectivity index (χ2v) is 7.09. The minimum Gasteiger partial charge on any atom is -0.389 e. The number of aliphatic hydroxyl groups excluding tert-OH is 1. The van der Waals surface area contributed by atoms with E-state index in [4.69, 9.17) is 9.47 Å². The average Bonchev–Trinajstić information content (AvgIpc) is 2.36. The standard InChI is InChI=1S/C16H33NO3/c1-13(11-19-5)20-12-15(18)10-17(4)14-6-8-16(2,3)9-7-14/h13-15,18H,6-12H2,1-5H3. The van der Waals surface area contributed by atoms with Crippen molar-refractivity contribution in [3.63, 3.8) is 0 Å². The minimum atomic E-state index is -0.422. The molecule has 0 saturated heterocycles. The normalized spacial score (nSPS) is 22.9. The van der Waals surface area contributed by atoms with E-state index < -0.39 is 6.10 Å². The van der Waals surface area contributed by atoms with Crippen LogP contribution in [-0.2, 0) is 9.47 Å². The van der Waals surface area contributed by atoms with Crippen molar-refractivity contribution in [3.8, 4) is 0 Å². The Labute approximate surface area is 124 Å². The molecule has 1 N–H and O–H groups in total. The molecule has 0 radical (unpaired) electrons. The molecule has 1 rings (SSSR count). The highest BCUT2D eigenvalue weighted by Gasteiger charge is 2.29. The number of methoxy groups -OCH3 is 1. The summed E-state index contributed by atoms with van der Waals surface area (Å²) in [5, 5.41) is 10.1. The van der Waals surface area contributed by atoms with Gasteiger partial charge in [0.25, 0.3) is 0 Å². The van der Waals surface area contributed by atoms with E-state index in [0.717, 1.165) is 0 Å². The summed E-state index contributed by atoms with van der Waals surface area (Å²) < 4.78 is 10.6. The zero-order chi connectivity index (χ0) is 15.2. The summed E-state index contributed by atoms with van der Waals surface area (Å²) in [6.07, 6.45) is 4.64. The summed E-state index contributed by atoms with van der Waals surface area (Å²) >= 11 is 0. The minimum absolute atomic E-state index is 0.0374. The summed E-state index contributed by atoms with van der Waals surface area (Å²) in [6, 6.07) is 0.606. The van der Waals surface area contributed by atoms with Gasteiger partial charge in [0, 0.05) is 19.7 Å². The fraction of sp³-hybridized carbons (Fsp3) is 1.00. The number of aliphatic hydroxyl groups is 1. The van der Waals surface area contributed by atoms with E-state index in [1.54, 1.807) is 7.11 Å². The van der Waals surface area contributed by atoms with Gasteiger partial charge in [-0.05, 0) is 45.1 Å². The number of rotatable bonds is 8. The van der Waals surface area contributed by atoms with Gasteiger partial charge < -0.3 is 19.5 Å². The van der Waals surface area contributed by atoms with E-state index in [1.165, 1.54) is 25.7 Å². The van der Waals surface area contributed by atoms with Gasteiger partial charge in [-0.15, -0.1) is 0 Å². The Balaban J connectivity index is 2.22. The van der Waals surface area contributed by atoms with Gasteiger partial charge in [0.2, 0.25) is 0 Å². The maximum Gasteiger partial charge on any atom is 0.0900 e. The molecule has 0 spiro atoms. The van der Waals surface area contributed by atoms with Gasteiger partial charge in [0.1, 0.15) is 0 Å².